The molecule has 0 amide bonds. The predicted octanol–water partition coefficient (Wildman–Crippen LogP) is 7.06. The molecule has 6 rings (SSSR count). The van der Waals surface area contributed by atoms with Crippen molar-refractivity contribution in [1.29, 1.82) is 0 Å². The minimum absolute atomic E-state index is 0.224. The molecule has 2 aromatic carbocycles. The van der Waals surface area contributed by atoms with E-state index < -0.39 is 0 Å². The largest absolute Gasteiger partial charge is 0.207 e. The molecule has 0 spiro atoms. The van der Waals surface area contributed by atoms with Crippen molar-refractivity contribution in [3.8, 4) is 22.3 Å². The first-order chi connectivity index (χ1) is 12.7. The Labute approximate surface area is 156 Å². The molecule has 0 aliphatic heterocycles. The molecule has 2 heterocycles. The van der Waals surface area contributed by atoms with Crippen molar-refractivity contribution in [2.24, 2.45) is 0 Å². The first-order valence-electron chi connectivity index (χ1n) is 8.23. The molecule has 0 radical (unpaired) electrons. The molecule has 0 saturated carbocycles. The van der Waals surface area contributed by atoms with Crippen molar-refractivity contribution in [2.45, 2.75) is 0 Å². The van der Waals surface area contributed by atoms with Crippen LogP contribution in [0.4, 0.5) is 8.78 Å². The van der Waals surface area contributed by atoms with Gasteiger partial charge < -0.3 is 0 Å². The van der Waals surface area contributed by atoms with E-state index in [-0.39, 0.29) is 11.6 Å². The van der Waals surface area contributed by atoms with E-state index in [0.29, 0.717) is 0 Å². The maximum absolute atomic E-state index is 13.9. The topological polar surface area (TPSA) is 0 Å². The Balaban J connectivity index is 1.78. The highest BCUT2D eigenvalue weighted by atomic mass is 32.1. The molecule has 0 unspecified atom stereocenters. The molecule has 0 nitrogen and oxygen atoms in total. The monoisotopic (exact) mass is 376 g/mol. The third-order valence-corrected chi connectivity index (χ3v) is 6.98. The minimum atomic E-state index is -0.224. The zero-order chi connectivity index (χ0) is 17.4. The van der Waals surface area contributed by atoms with Gasteiger partial charge in [-0.05, 0) is 69.4 Å². The molecule has 0 atom stereocenters. The standard InChI is InChI=1S/C22H10F2S2/c23-11-1-3-13-17(9-11)15-5-7-25-21(15)19(13)20-14-4-2-12(24)10-18(14)16-6-8-26-22(16)20/h1-10H. The summed E-state index contributed by atoms with van der Waals surface area (Å²) in [6, 6.07) is 14.1. The van der Waals surface area contributed by atoms with Gasteiger partial charge in [-0.25, -0.2) is 8.78 Å². The normalized spacial score (nSPS) is 16.4. The van der Waals surface area contributed by atoms with Gasteiger partial charge in [0.05, 0.1) is 0 Å². The van der Waals surface area contributed by atoms with E-state index in [0.717, 1.165) is 54.3 Å². The second kappa shape index (κ2) is 5.00. The Morgan fingerprint density at radius 2 is 0.962 bits per heavy atom. The Kier molecular flexibility index (Phi) is 2.80. The van der Waals surface area contributed by atoms with E-state index in [1.165, 1.54) is 12.1 Å². The highest BCUT2D eigenvalue weighted by molar-refractivity contribution is 7.13. The maximum Gasteiger partial charge on any atom is 0.123 e. The summed E-state index contributed by atoms with van der Waals surface area (Å²) in [5.74, 6) is -0.448. The zero-order valence-corrected chi connectivity index (χ0v) is 15.0. The summed E-state index contributed by atoms with van der Waals surface area (Å²) in [7, 11) is 0. The smallest absolute Gasteiger partial charge is 0.123 e. The van der Waals surface area contributed by atoms with Crippen LogP contribution in [0.25, 0.3) is 33.4 Å². The van der Waals surface area contributed by atoms with Crippen molar-refractivity contribution < 1.29 is 8.78 Å². The molecular formula is C22H10F2S2. The second-order valence-electron chi connectivity index (χ2n) is 6.46. The van der Waals surface area contributed by atoms with Crippen LogP contribution in [0, 0.1) is 11.6 Å². The molecule has 4 heteroatoms. The summed E-state index contributed by atoms with van der Waals surface area (Å²) in [4.78, 5) is 2.33. The number of hydrogen-bond donors (Lipinski definition) is 0. The number of benzene rings is 2. The van der Waals surface area contributed by atoms with E-state index in [9.17, 15) is 8.78 Å². The van der Waals surface area contributed by atoms with Gasteiger partial charge in [0, 0.05) is 32.0 Å². The Morgan fingerprint density at radius 1 is 0.500 bits per heavy atom. The molecule has 2 aliphatic rings. The van der Waals surface area contributed by atoms with Crippen LogP contribution < -0.4 is 0 Å². The summed E-state index contributed by atoms with van der Waals surface area (Å²) in [5, 5.41) is 4.10. The fraction of sp³-hybridized carbons (Fsp3) is 0. The van der Waals surface area contributed by atoms with Crippen LogP contribution in [-0.4, -0.2) is 0 Å². The number of thiophene rings is 2. The van der Waals surface area contributed by atoms with Crippen molar-refractivity contribution in [1.82, 2.24) is 0 Å². The van der Waals surface area contributed by atoms with E-state index >= 15 is 0 Å². The van der Waals surface area contributed by atoms with Crippen molar-refractivity contribution >= 4 is 33.8 Å². The fourth-order valence-corrected chi connectivity index (χ4v) is 6.04. The van der Waals surface area contributed by atoms with Crippen LogP contribution in [-0.2, 0) is 0 Å². The van der Waals surface area contributed by atoms with Gasteiger partial charge in [0.1, 0.15) is 11.6 Å². The van der Waals surface area contributed by atoms with Crippen LogP contribution in [0.1, 0.15) is 20.9 Å². The van der Waals surface area contributed by atoms with Crippen molar-refractivity contribution in [3.05, 3.63) is 91.8 Å². The third kappa shape index (κ3) is 1.76. The maximum atomic E-state index is 13.9. The van der Waals surface area contributed by atoms with Gasteiger partial charge in [0.15, 0.2) is 0 Å². The molecule has 0 fully saturated rings. The summed E-state index contributed by atoms with van der Waals surface area (Å²) < 4.78 is 27.8. The lowest BCUT2D eigenvalue weighted by atomic mass is 9.97. The Bertz CT molecular complexity index is 1160. The second-order valence-corrected chi connectivity index (χ2v) is 8.29. The average molecular weight is 376 g/mol. The molecule has 0 bridgehead atoms. The molecule has 26 heavy (non-hydrogen) atoms. The van der Waals surface area contributed by atoms with Crippen LogP contribution in [0.5, 0.6) is 0 Å². The van der Waals surface area contributed by atoms with Crippen LogP contribution in [0.3, 0.4) is 0 Å². The zero-order valence-electron chi connectivity index (χ0n) is 13.3. The van der Waals surface area contributed by atoms with Crippen LogP contribution >= 0.6 is 22.7 Å². The van der Waals surface area contributed by atoms with E-state index in [4.69, 9.17) is 0 Å². The summed E-state index contributed by atoms with van der Waals surface area (Å²) >= 11 is 3.35. The minimum Gasteiger partial charge on any atom is -0.207 e. The van der Waals surface area contributed by atoms with E-state index in [2.05, 4.69) is 22.9 Å². The molecule has 2 aromatic heterocycles. The predicted molar refractivity (Wildman–Crippen MR) is 104 cm³/mol. The first kappa shape index (κ1) is 14.6. The summed E-state index contributed by atoms with van der Waals surface area (Å²) in [5.41, 5.74) is 8.44. The Morgan fingerprint density at radius 3 is 1.42 bits per heavy atom. The van der Waals surface area contributed by atoms with Crippen molar-refractivity contribution in [3.63, 3.8) is 0 Å². The Hall–Kier alpha value is -2.56. The summed E-state index contributed by atoms with van der Waals surface area (Å²) in [6.07, 6.45) is 0. The van der Waals surface area contributed by atoms with Gasteiger partial charge in [-0.1, -0.05) is 12.1 Å². The molecule has 124 valence electrons. The number of fused-ring (bicyclic) bond motifs is 6. The molecular weight excluding hydrogens is 366 g/mol. The first-order valence-corrected chi connectivity index (χ1v) is 9.99. The van der Waals surface area contributed by atoms with Gasteiger partial charge >= 0.3 is 0 Å². The molecule has 4 aromatic rings. The lowest BCUT2D eigenvalue weighted by molar-refractivity contribution is 0.628. The van der Waals surface area contributed by atoms with Gasteiger partial charge in [0.25, 0.3) is 0 Å². The van der Waals surface area contributed by atoms with E-state index in [1.807, 2.05) is 12.1 Å². The van der Waals surface area contributed by atoms with Gasteiger partial charge in [-0.3, -0.25) is 0 Å². The van der Waals surface area contributed by atoms with Crippen molar-refractivity contribution in [2.75, 3.05) is 0 Å². The van der Waals surface area contributed by atoms with Gasteiger partial charge in [0.2, 0.25) is 0 Å². The lowest BCUT2D eigenvalue weighted by Crippen LogP contribution is -1.89. The molecule has 2 aliphatic carbocycles. The lowest BCUT2D eigenvalue weighted by Gasteiger charge is -2.09. The fourth-order valence-electron chi connectivity index (χ4n) is 4.09. The van der Waals surface area contributed by atoms with Gasteiger partial charge in [-0.15, -0.1) is 22.7 Å². The highest BCUT2D eigenvalue weighted by Gasteiger charge is 2.34. The third-order valence-electron chi connectivity index (χ3n) is 5.12. The highest BCUT2D eigenvalue weighted by Crippen LogP contribution is 2.56. The molecule has 0 saturated heterocycles. The van der Waals surface area contributed by atoms with Crippen LogP contribution in [0.2, 0.25) is 0 Å². The summed E-state index contributed by atoms with van der Waals surface area (Å²) in [6.45, 7) is 0. The number of rotatable bonds is 0. The number of hydrogen-bond acceptors (Lipinski definition) is 2. The quantitative estimate of drug-likeness (QED) is 0.266. The van der Waals surface area contributed by atoms with Crippen LogP contribution in [0.15, 0.2) is 59.3 Å². The average Bonchev–Trinajstić information content (AvgIpc) is 3.36. The SMILES string of the molecule is Fc1ccc2c(c1)-c1ccsc1C2=C1c2ccc(F)cc2-c2ccsc21. The molecule has 0 N–H and O–H groups in total. The van der Waals surface area contributed by atoms with Gasteiger partial charge in [-0.2, -0.15) is 0 Å². The van der Waals surface area contributed by atoms with E-state index in [1.54, 1.807) is 34.8 Å². The number of halogens is 2.